The van der Waals surface area contributed by atoms with Gasteiger partial charge in [-0.3, -0.25) is 14.4 Å². The Labute approximate surface area is 243 Å². The molecule has 0 saturated carbocycles. The van der Waals surface area contributed by atoms with E-state index in [1.807, 2.05) is 12.1 Å². The molecule has 1 aliphatic carbocycles. The van der Waals surface area contributed by atoms with E-state index in [2.05, 4.69) is 10.6 Å². The average Bonchev–Trinajstić information content (AvgIpc) is 3.18. The topological polar surface area (TPSA) is 123 Å². The summed E-state index contributed by atoms with van der Waals surface area (Å²) in [6.45, 7) is 1.65. The van der Waals surface area contributed by atoms with E-state index in [-0.39, 0.29) is 24.3 Å². The maximum atomic E-state index is 13.6. The Morgan fingerprint density at radius 1 is 1.02 bits per heavy atom. The molecule has 41 heavy (non-hydrogen) atoms. The van der Waals surface area contributed by atoms with Crippen molar-refractivity contribution in [2.45, 2.75) is 38.1 Å². The monoisotopic (exact) mass is 580 g/mol. The first kappa shape index (κ1) is 29.7. The molecule has 1 aliphatic rings. The van der Waals surface area contributed by atoms with Gasteiger partial charge in [0, 0.05) is 30.0 Å². The smallest absolute Gasteiger partial charge is 0.304 e. The number of hydrogen-bond donors (Lipinski definition) is 3. The first-order valence-corrected chi connectivity index (χ1v) is 13.5. The summed E-state index contributed by atoms with van der Waals surface area (Å²) in [5.41, 5.74) is 3.81. The number of benzene rings is 2. The van der Waals surface area contributed by atoms with Crippen molar-refractivity contribution in [3.8, 4) is 28.4 Å². The summed E-state index contributed by atoms with van der Waals surface area (Å²) in [4.78, 5) is 37.3. The zero-order valence-electron chi connectivity index (χ0n) is 23.4. The van der Waals surface area contributed by atoms with Crippen molar-refractivity contribution in [2.24, 2.45) is 0 Å². The number of carbonyl (C=O) groups is 2. The van der Waals surface area contributed by atoms with E-state index in [1.165, 1.54) is 20.1 Å². The molecule has 0 fully saturated rings. The molecule has 0 spiro atoms. The van der Waals surface area contributed by atoms with Crippen molar-refractivity contribution >= 4 is 29.2 Å². The summed E-state index contributed by atoms with van der Waals surface area (Å²) in [7, 11) is 4.63. The SMILES string of the molecule is COc1cc2c(c(OC)c1OC)-c1ccc(NCC(CC(=O)O)c3ccc(Cl)cc3)c(=O)cc1[C@@H](NC(C)=O)CC2. The normalized spacial score (nSPS) is 14.5. The lowest BCUT2D eigenvalue weighted by Crippen LogP contribution is -2.26. The van der Waals surface area contributed by atoms with Crippen LogP contribution in [0.3, 0.4) is 0 Å². The van der Waals surface area contributed by atoms with Crippen LogP contribution in [-0.2, 0) is 16.0 Å². The highest BCUT2D eigenvalue weighted by Gasteiger charge is 2.29. The van der Waals surface area contributed by atoms with Crippen LogP contribution in [0.15, 0.2) is 53.3 Å². The van der Waals surface area contributed by atoms with Gasteiger partial charge in [0.1, 0.15) is 0 Å². The first-order valence-electron chi connectivity index (χ1n) is 13.2. The summed E-state index contributed by atoms with van der Waals surface area (Å²) in [6.07, 6.45) is 1.00. The van der Waals surface area contributed by atoms with Gasteiger partial charge >= 0.3 is 5.97 Å². The number of carboxylic acids is 1. The van der Waals surface area contributed by atoms with Crippen LogP contribution in [0.25, 0.3) is 11.1 Å². The quantitative estimate of drug-likeness (QED) is 0.299. The van der Waals surface area contributed by atoms with Crippen molar-refractivity contribution in [3.05, 3.63) is 80.5 Å². The summed E-state index contributed by atoms with van der Waals surface area (Å²) in [5, 5.41) is 16.2. The number of aryl methyl sites for hydroxylation is 1. The lowest BCUT2D eigenvalue weighted by molar-refractivity contribution is -0.137. The minimum atomic E-state index is -0.953. The molecule has 1 amide bonds. The maximum Gasteiger partial charge on any atom is 0.304 e. The number of carbonyl (C=O) groups excluding carboxylic acids is 1. The number of methoxy groups -OCH3 is 3. The summed E-state index contributed by atoms with van der Waals surface area (Å²) < 4.78 is 17.0. The molecule has 0 bridgehead atoms. The fourth-order valence-electron chi connectivity index (χ4n) is 5.34. The van der Waals surface area contributed by atoms with Crippen molar-refractivity contribution in [3.63, 3.8) is 0 Å². The Hall–Kier alpha value is -4.24. The van der Waals surface area contributed by atoms with E-state index in [4.69, 9.17) is 25.8 Å². The third-order valence-corrected chi connectivity index (χ3v) is 7.47. The standard InChI is InChI=1S/C31H33ClN2O7/c1-17(35)34-24-11-7-19-13-27(39-2)30(40-3)31(41-4)29(19)22-10-12-25(26(36)15-23(22)24)33-16-20(14-28(37)38)18-5-8-21(32)9-6-18/h5-6,8-10,12-13,15,20,24H,7,11,14,16H2,1-4H3,(H,33,36)(H,34,35)(H,37,38)/t20?,24-/m0/s1. The van der Waals surface area contributed by atoms with Crippen LogP contribution in [0, 0.1) is 0 Å². The Morgan fingerprint density at radius 2 is 1.73 bits per heavy atom. The largest absolute Gasteiger partial charge is 0.493 e. The van der Waals surface area contributed by atoms with Crippen LogP contribution in [-0.4, -0.2) is 44.9 Å². The van der Waals surface area contributed by atoms with Gasteiger partial charge in [0.25, 0.3) is 0 Å². The van der Waals surface area contributed by atoms with Crippen molar-refractivity contribution in [1.29, 1.82) is 0 Å². The van der Waals surface area contributed by atoms with Crippen LogP contribution >= 0.6 is 11.6 Å². The number of rotatable bonds is 10. The minimum Gasteiger partial charge on any atom is -0.493 e. The predicted molar refractivity (Wildman–Crippen MR) is 158 cm³/mol. The molecular weight excluding hydrogens is 548 g/mol. The number of aliphatic carboxylic acids is 1. The summed E-state index contributed by atoms with van der Waals surface area (Å²) >= 11 is 6.02. The average molecular weight is 581 g/mol. The summed E-state index contributed by atoms with van der Waals surface area (Å²) in [6, 6.07) is 13.5. The Kier molecular flexibility index (Phi) is 9.39. The van der Waals surface area contributed by atoms with E-state index in [0.717, 1.165) is 16.7 Å². The molecule has 0 radical (unpaired) electrons. The molecule has 0 aliphatic heterocycles. The molecule has 3 aromatic carbocycles. The van der Waals surface area contributed by atoms with Gasteiger partial charge in [0.15, 0.2) is 11.5 Å². The lowest BCUT2D eigenvalue weighted by atomic mass is 9.95. The number of ether oxygens (including phenoxy) is 3. The molecule has 10 heteroatoms. The number of carboxylic acid groups (broad SMARTS) is 1. The van der Waals surface area contributed by atoms with Gasteiger partial charge < -0.3 is 30.0 Å². The highest BCUT2D eigenvalue weighted by molar-refractivity contribution is 6.30. The van der Waals surface area contributed by atoms with Crippen LogP contribution in [0.1, 0.15) is 48.4 Å². The molecule has 216 valence electrons. The lowest BCUT2D eigenvalue weighted by Gasteiger charge is -2.19. The van der Waals surface area contributed by atoms with Crippen LogP contribution in [0.5, 0.6) is 17.2 Å². The van der Waals surface area contributed by atoms with Crippen LogP contribution in [0.4, 0.5) is 5.69 Å². The second-order valence-electron chi connectivity index (χ2n) is 9.82. The molecule has 9 nitrogen and oxygen atoms in total. The number of hydrogen-bond acceptors (Lipinski definition) is 7. The van der Waals surface area contributed by atoms with Gasteiger partial charge in [-0.05, 0) is 65.4 Å². The number of halogens is 1. The number of amides is 1. The number of fused-ring (bicyclic) bond motifs is 3. The Morgan fingerprint density at radius 3 is 2.34 bits per heavy atom. The fourth-order valence-corrected chi connectivity index (χ4v) is 5.47. The molecule has 3 aromatic rings. The fraction of sp³-hybridized carbons (Fsp3) is 0.323. The molecule has 2 atom stereocenters. The van der Waals surface area contributed by atoms with E-state index >= 15 is 0 Å². The van der Waals surface area contributed by atoms with E-state index < -0.39 is 17.9 Å². The van der Waals surface area contributed by atoms with Gasteiger partial charge in [-0.2, -0.15) is 0 Å². The van der Waals surface area contributed by atoms with Crippen LogP contribution < -0.4 is 30.3 Å². The zero-order chi connectivity index (χ0) is 29.7. The van der Waals surface area contributed by atoms with E-state index in [0.29, 0.717) is 51.9 Å². The molecule has 0 heterocycles. The van der Waals surface area contributed by atoms with Gasteiger partial charge in [-0.1, -0.05) is 29.8 Å². The van der Waals surface area contributed by atoms with Gasteiger partial charge in [-0.15, -0.1) is 0 Å². The third-order valence-electron chi connectivity index (χ3n) is 7.22. The first-order chi connectivity index (χ1) is 19.7. The van der Waals surface area contributed by atoms with Crippen LogP contribution in [0.2, 0.25) is 5.02 Å². The van der Waals surface area contributed by atoms with Gasteiger partial charge in [-0.25, -0.2) is 0 Å². The molecule has 3 N–H and O–H groups in total. The highest BCUT2D eigenvalue weighted by Crippen LogP contribution is 2.50. The molecule has 0 saturated heterocycles. The number of anilines is 1. The molecule has 0 aromatic heterocycles. The molecule has 4 rings (SSSR count). The maximum absolute atomic E-state index is 13.6. The van der Waals surface area contributed by atoms with E-state index in [9.17, 15) is 19.5 Å². The zero-order valence-corrected chi connectivity index (χ0v) is 24.1. The minimum absolute atomic E-state index is 0.130. The van der Waals surface area contributed by atoms with Gasteiger partial charge in [0.05, 0.1) is 39.5 Å². The second-order valence-corrected chi connectivity index (χ2v) is 10.3. The van der Waals surface area contributed by atoms with Crippen molar-refractivity contribution < 1.29 is 28.9 Å². The molecule has 1 unspecified atom stereocenters. The number of nitrogens with one attached hydrogen (secondary N) is 2. The third kappa shape index (κ3) is 6.57. The van der Waals surface area contributed by atoms with Crippen molar-refractivity contribution in [1.82, 2.24) is 5.32 Å². The predicted octanol–water partition coefficient (Wildman–Crippen LogP) is 5.19. The molecular formula is C31H33ClN2O7. The summed E-state index contributed by atoms with van der Waals surface area (Å²) in [5.74, 6) is -0.177. The second kappa shape index (κ2) is 13.0. The highest BCUT2D eigenvalue weighted by atomic mass is 35.5. The van der Waals surface area contributed by atoms with Gasteiger partial charge in [0.2, 0.25) is 17.1 Å². The Balaban J connectivity index is 1.83. The van der Waals surface area contributed by atoms with E-state index in [1.54, 1.807) is 44.6 Å². The van der Waals surface area contributed by atoms with Crippen molar-refractivity contribution in [2.75, 3.05) is 33.2 Å². The Bertz CT molecular complexity index is 1510.